The molecule has 6 atom stereocenters. The van der Waals surface area contributed by atoms with Gasteiger partial charge in [-0.1, -0.05) is 42.7 Å². The number of rotatable bonds is 11. The Bertz CT molecular complexity index is 1500. The summed E-state index contributed by atoms with van der Waals surface area (Å²) < 4.78 is 48.7. The van der Waals surface area contributed by atoms with Crippen LogP contribution in [0.2, 0.25) is 5.02 Å². The van der Waals surface area contributed by atoms with E-state index in [0.29, 0.717) is 23.6 Å². The summed E-state index contributed by atoms with van der Waals surface area (Å²) in [5.41, 5.74) is 7.59. The summed E-state index contributed by atoms with van der Waals surface area (Å²) in [6.45, 7) is 4.89. The van der Waals surface area contributed by atoms with Gasteiger partial charge in [0.1, 0.15) is 0 Å². The van der Waals surface area contributed by atoms with Gasteiger partial charge in [-0.25, -0.2) is 9.36 Å². The fraction of sp³-hybridized carbons (Fsp3) is 0.538. The summed E-state index contributed by atoms with van der Waals surface area (Å²) in [4.78, 5) is 48.4. The third kappa shape index (κ3) is 8.32. The van der Waals surface area contributed by atoms with Crippen LogP contribution < -0.4 is 10.4 Å². The Morgan fingerprint density at radius 1 is 1.32 bits per heavy atom. The van der Waals surface area contributed by atoms with Crippen LogP contribution >= 0.6 is 19.4 Å². The highest BCUT2D eigenvalue weighted by Crippen LogP contribution is 2.58. The average Bonchev–Trinajstić information content (AvgIpc) is 3.29. The van der Waals surface area contributed by atoms with E-state index in [1.165, 1.54) is 12.3 Å². The van der Waals surface area contributed by atoms with Gasteiger partial charge in [-0.05, 0) is 36.6 Å². The monoisotopic (exact) mass is 655 g/mol. The zero-order chi connectivity index (χ0) is 32.3. The second kappa shape index (κ2) is 15.9. The van der Waals surface area contributed by atoms with Gasteiger partial charge in [0.25, 0.3) is 0 Å². The molecule has 1 aromatic heterocycles. The van der Waals surface area contributed by atoms with Gasteiger partial charge in [-0.15, -0.1) is 0 Å². The van der Waals surface area contributed by atoms with Crippen LogP contribution in [0.5, 0.6) is 5.88 Å². The van der Waals surface area contributed by atoms with E-state index in [1.54, 1.807) is 45.0 Å². The molecule has 0 bridgehead atoms. The van der Waals surface area contributed by atoms with E-state index in [1.807, 2.05) is 0 Å². The highest BCUT2D eigenvalue weighted by molar-refractivity contribution is 7.48. The zero-order valence-electron chi connectivity index (χ0n) is 24.1. The number of hydrogen-bond donors (Lipinski definition) is 0. The highest BCUT2D eigenvalue weighted by Gasteiger charge is 2.58. The Morgan fingerprint density at radius 2 is 2.07 bits per heavy atom. The Morgan fingerprint density at radius 3 is 2.68 bits per heavy atom. The van der Waals surface area contributed by atoms with Gasteiger partial charge in [-0.3, -0.25) is 22.9 Å². The number of phosphoric ester groups is 1. The number of ether oxygens (including phenoxy) is 3. The van der Waals surface area contributed by atoms with Crippen LogP contribution in [0.4, 0.5) is 0 Å². The maximum Gasteiger partial charge on any atom is 0.475 e. The molecule has 16 nitrogen and oxygen atoms in total. The van der Waals surface area contributed by atoms with Crippen LogP contribution in [-0.2, 0) is 42.0 Å². The summed E-state index contributed by atoms with van der Waals surface area (Å²) in [7, 11) is -4.19. The predicted octanol–water partition coefficient (Wildman–Crippen LogP) is 4.90. The third-order valence-corrected chi connectivity index (χ3v) is 8.39. The molecule has 4 rings (SSSR count). The summed E-state index contributed by atoms with van der Waals surface area (Å²) >= 11 is 6.11. The minimum Gasteiger partial charge on any atom is -0.478 e. The van der Waals surface area contributed by atoms with Gasteiger partial charge in [0, 0.05) is 41.0 Å². The SMILES string of the molecule is CCOc1ccn([C@@H]2O[C@@](CO[P@@]3(=O)OCC[C@@H](c4cccc(Cl)c4)O3)(N=[N+]=[N-])[C@@H](CC)[C@H]2OC(=O)CC)c(=O)n1.O=C=O. The van der Waals surface area contributed by atoms with Crippen LogP contribution in [0.3, 0.4) is 0 Å². The van der Waals surface area contributed by atoms with Crippen LogP contribution in [0.25, 0.3) is 10.4 Å². The maximum atomic E-state index is 13.6. The molecule has 238 valence electrons. The van der Waals surface area contributed by atoms with E-state index in [-0.39, 0.29) is 31.5 Å². The van der Waals surface area contributed by atoms with Crippen molar-refractivity contribution in [1.29, 1.82) is 0 Å². The number of esters is 1. The molecule has 2 aromatic rings. The number of benzene rings is 1. The fourth-order valence-electron chi connectivity index (χ4n) is 4.81. The molecule has 0 saturated carbocycles. The van der Waals surface area contributed by atoms with Gasteiger partial charge >= 0.3 is 25.6 Å². The standard InChI is InChI=1S/C25H31ClN5O9P.CO2/c1-4-18-22(38-21(32)5-2)23(31-12-10-20(35-6-3)28-24(31)33)39-25(18,29-30-27)15-37-41(34)36-13-11-19(40-41)16-8-7-9-17(26)14-16;2-1-3/h7-10,12,14,18-19,22-23H,4-6,11,13,15H2,1-3H3;/t18-,19-,22+,23+,25+,41+;/m0./s1. The van der Waals surface area contributed by atoms with Crippen LogP contribution in [-0.4, -0.2) is 53.3 Å². The number of nitrogens with zero attached hydrogens (tertiary/aromatic N) is 5. The van der Waals surface area contributed by atoms with Crippen LogP contribution in [0.15, 0.2) is 46.4 Å². The molecule has 18 heteroatoms. The number of carbonyl (C=O) groups excluding carboxylic acids is 3. The zero-order valence-corrected chi connectivity index (χ0v) is 25.7. The fourth-order valence-corrected chi connectivity index (χ4v) is 6.41. The van der Waals surface area contributed by atoms with Crippen molar-refractivity contribution < 1.29 is 46.7 Å². The van der Waals surface area contributed by atoms with Gasteiger partial charge in [0.15, 0.2) is 18.1 Å². The Labute approximate surface area is 256 Å². The van der Waals surface area contributed by atoms with Gasteiger partial charge in [0.05, 0.1) is 25.9 Å². The predicted molar refractivity (Wildman–Crippen MR) is 150 cm³/mol. The van der Waals surface area contributed by atoms with Gasteiger partial charge in [0.2, 0.25) is 5.88 Å². The lowest BCUT2D eigenvalue weighted by molar-refractivity contribution is -0.191. The van der Waals surface area contributed by atoms with Crippen molar-refractivity contribution in [2.24, 2.45) is 11.0 Å². The molecule has 1 aromatic carbocycles. The molecule has 0 aliphatic carbocycles. The van der Waals surface area contributed by atoms with Crippen molar-refractivity contribution in [2.75, 3.05) is 19.8 Å². The molecule has 2 saturated heterocycles. The van der Waals surface area contributed by atoms with Crippen molar-refractivity contribution >= 4 is 31.5 Å². The van der Waals surface area contributed by atoms with E-state index >= 15 is 0 Å². The van der Waals surface area contributed by atoms with Gasteiger partial charge < -0.3 is 14.2 Å². The lowest BCUT2D eigenvalue weighted by atomic mass is 9.90. The Kier molecular flexibility index (Phi) is 12.6. The molecule has 0 unspecified atom stereocenters. The summed E-state index contributed by atoms with van der Waals surface area (Å²) in [5.74, 6) is -1.29. The molecule has 2 fully saturated rings. The quantitative estimate of drug-likeness (QED) is 0.104. The molecule has 0 N–H and O–H groups in total. The van der Waals surface area contributed by atoms with Crippen molar-refractivity contribution in [1.82, 2.24) is 9.55 Å². The molecular weight excluding hydrogens is 625 g/mol. The van der Waals surface area contributed by atoms with Crippen LogP contribution in [0, 0.1) is 5.92 Å². The molecule has 0 amide bonds. The van der Waals surface area contributed by atoms with Crippen molar-refractivity contribution in [3.8, 4) is 5.88 Å². The average molecular weight is 656 g/mol. The lowest BCUT2D eigenvalue weighted by Crippen LogP contribution is -2.41. The normalized spacial score (nSPS) is 27.6. The molecule has 44 heavy (non-hydrogen) atoms. The minimum absolute atomic E-state index is 0.0445. The third-order valence-electron chi connectivity index (χ3n) is 6.70. The topological polar surface area (TPSA) is 207 Å². The first-order valence-electron chi connectivity index (χ1n) is 13.6. The lowest BCUT2D eigenvalue weighted by Gasteiger charge is -2.33. The van der Waals surface area contributed by atoms with E-state index in [2.05, 4.69) is 15.0 Å². The van der Waals surface area contributed by atoms with Crippen LogP contribution in [0.1, 0.15) is 57.9 Å². The second-order valence-corrected chi connectivity index (χ2v) is 11.4. The largest absolute Gasteiger partial charge is 0.478 e. The first-order chi connectivity index (χ1) is 21.1. The molecule has 0 spiro atoms. The Hall–Kier alpha value is -3.58. The number of azide groups is 1. The number of carbonyl (C=O) groups is 1. The molecule has 0 radical (unpaired) electrons. The van der Waals surface area contributed by atoms with E-state index < -0.39 is 56.2 Å². The number of aromatic nitrogens is 2. The molecular formula is C26H31ClN5O11P. The van der Waals surface area contributed by atoms with Crippen molar-refractivity contribution in [2.45, 2.75) is 64.2 Å². The smallest absolute Gasteiger partial charge is 0.475 e. The highest BCUT2D eigenvalue weighted by atomic mass is 35.5. The first-order valence-corrected chi connectivity index (χ1v) is 15.4. The van der Waals surface area contributed by atoms with E-state index in [4.69, 9.17) is 49.0 Å². The summed E-state index contributed by atoms with van der Waals surface area (Å²) in [6.07, 6.45) is -0.647. The van der Waals surface area contributed by atoms with E-state index in [0.717, 1.165) is 4.57 Å². The minimum atomic E-state index is -4.19. The maximum absolute atomic E-state index is 13.6. The second-order valence-electron chi connectivity index (χ2n) is 9.33. The summed E-state index contributed by atoms with van der Waals surface area (Å²) in [5, 5.41) is 4.36. The van der Waals surface area contributed by atoms with Gasteiger partial charge in [-0.2, -0.15) is 14.6 Å². The van der Waals surface area contributed by atoms with Crippen molar-refractivity contribution in [3.63, 3.8) is 0 Å². The molecule has 3 heterocycles. The molecule has 2 aliphatic heterocycles. The van der Waals surface area contributed by atoms with E-state index in [9.17, 15) is 19.7 Å². The summed E-state index contributed by atoms with van der Waals surface area (Å²) in [6, 6.07) is 8.37. The van der Waals surface area contributed by atoms with Crippen molar-refractivity contribution in [3.05, 3.63) is 68.0 Å². The first kappa shape index (κ1) is 34.9. The Balaban J connectivity index is 0.00000169. The number of phosphoric acid groups is 1. The molecule has 2 aliphatic rings. The number of hydrogen-bond acceptors (Lipinski definition) is 13. The number of halogens is 1.